The third-order valence-corrected chi connectivity index (χ3v) is 11.9. The Morgan fingerprint density at radius 3 is 2.11 bits per heavy atom. The van der Waals surface area contributed by atoms with Crippen LogP contribution in [0.4, 0.5) is 11.4 Å². The summed E-state index contributed by atoms with van der Waals surface area (Å²) in [5.41, 5.74) is 11.1. The maximum atomic E-state index is 3.83. The number of para-hydroxylation sites is 1. The van der Waals surface area contributed by atoms with Gasteiger partial charge in [-0.05, 0) is 121 Å². The standard InChI is InChI=1S/C44H47N/c1-4-14-32(15-5-1)33-24-26-37(27-25-33)45(36-19-8-3-9-20-36)38-28-29-42(43(31-38)34-16-6-2-7-17-34)44-30-35-18-10-11-21-39(35)40-22-12-13-23-41(40)44/h2-3,6-13,16-22,24-27,32,35,38-40,42-44H,1,4-5,14-15,28-31H2. The van der Waals surface area contributed by atoms with Crippen molar-refractivity contribution in [2.45, 2.75) is 75.7 Å². The molecule has 0 N–H and O–H groups in total. The smallest absolute Gasteiger partial charge is 0.0413 e. The second-order valence-electron chi connectivity index (χ2n) is 14.3. The molecular weight excluding hydrogens is 542 g/mol. The summed E-state index contributed by atoms with van der Waals surface area (Å²) in [6, 6.07) is 32.9. The maximum absolute atomic E-state index is 3.83. The number of anilines is 2. The second kappa shape index (κ2) is 12.9. The topological polar surface area (TPSA) is 3.24 Å². The van der Waals surface area contributed by atoms with E-state index in [9.17, 15) is 0 Å². The van der Waals surface area contributed by atoms with Crippen molar-refractivity contribution in [1.29, 1.82) is 0 Å². The number of hydrogen-bond donors (Lipinski definition) is 0. The van der Waals surface area contributed by atoms with E-state index < -0.39 is 0 Å². The molecule has 45 heavy (non-hydrogen) atoms. The predicted molar refractivity (Wildman–Crippen MR) is 189 cm³/mol. The second-order valence-corrected chi connectivity index (χ2v) is 14.3. The Morgan fingerprint density at radius 2 is 1.31 bits per heavy atom. The van der Waals surface area contributed by atoms with Gasteiger partial charge in [0.15, 0.2) is 0 Å². The highest BCUT2D eigenvalue weighted by molar-refractivity contribution is 5.65. The van der Waals surface area contributed by atoms with Crippen molar-refractivity contribution < 1.29 is 0 Å². The Labute approximate surface area is 270 Å². The first-order valence-electron chi connectivity index (χ1n) is 17.8. The van der Waals surface area contributed by atoms with Crippen molar-refractivity contribution in [2.24, 2.45) is 29.6 Å². The Hall–Kier alpha value is -3.80. The van der Waals surface area contributed by atoms with E-state index in [1.165, 1.54) is 80.3 Å². The van der Waals surface area contributed by atoms with E-state index in [4.69, 9.17) is 0 Å². The number of benzene rings is 3. The molecule has 8 rings (SSSR count). The summed E-state index contributed by atoms with van der Waals surface area (Å²) in [6.45, 7) is 0. The summed E-state index contributed by atoms with van der Waals surface area (Å²) in [5.74, 6) is 4.13. The van der Waals surface area contributed by atoms with Crippen LogP contribution in [0.2, 0.25) is 0 Å². The molecule has 0 saturated heterocycles. The Kier molecular flexibility index (Phi) is 8.22. The molecule has 0 spiro atoms. The van der Waals surface area contributed by atoms with Gasteiger partial charge in [-0.15, -0.1) is 5.73 Å². The summed E-state index contributed by atoms with van der Waals surface area (Å²) in [4.78, 5) is 2.69. The molecule has 0 aliphatic heterocycles. The normalized spacial score (nSPS) is 30.8. The third-order valence-electron chi connectivity index (χ3n) is 11.9. The lowest BCUT2D eigenvalue weighted by molar-refractivity contribution is 0.153. The summed E-state index contributed by atoms with van der Waals surface area (Å²) < 4.78 is 0. The van der Waals surface area contributed by atoms with Gasteiger partial charge in [-0.25, -0.2) is 0 Å². The van der Waals surface area contributed by atoms with E-state index in [1.54, 1.807) is 5.57 Å². The molecule has 5 aliphatic carbocycles. The summed E-state index contributed by atoms with van der Waals surface area (Å²) >= 11 is 0. The largest absolute Gasteiger partial charge is 0.338 e. The van der Waals surface area contributed by atoms with Crippen LogP contribution in [0.1, 0.15) is 80.8 Å². The first kappa shape index (κ1) is 28.7. The van der Waals surface area contributed by atoms with Crippen LogP contribution in [0.15, 0.2) is 139 Å². The fourth-order valence-electron chi connectivity index (χ4n) is 9.80. The minimum absolute atomic E-state index is 0.454. The fourth-order valence-corrected chi connectivity index (χ4v) is 9.80. The average Bonchev–Trinajstić information content (AvgIpc) is 3.13. The third kappa shape index (κ3) is 5.73. The summed E-state index contributed by atoms with van der Waals surface area (Å²) in [6.07, 6.45) is 28.1. The minimum Gasteiger partial charge on any atom is -0.338 e. The molecule has 7 atom stereocenters. The number of nitrogens with zero attached hydrogens (tertiary/aromatic N) is 1. The van der Waals surface area contributed by atoms with Gasteiger partial charge in [0.2, 0.25) is 0 Å². The van der Waals surface area contributed by atoms with Gasteiger partial charge in [-0.2, -0.15) is 0 Å². The molecule has 0 aromatic heterocycles. The van der Waals surface area contributed by atoms with Crippen LogP contribution in [-0.4, -0.2) is 6.04 Å². The highest BCUT2D eigenvalue weighted by Crippen LogP contribution is 2.55. The van der Waals surface area contributed by atoms with Gasteiger partial charge in [-0.1, -0.05) is 116 Å². The van der Waals surface area contributed by atoms with Crippen LogP contribution in [0.5, 0.6) is 0 Å². The Bertz CT molecular complexity index is 1600. The van der Waals surface area contributed by atoms with Gasteiger partial charge >= 0.3 is 0 Å². The van der Waals surface area contributed by atoms with Crippen molar-refractivity contribution in [1.82, 2.24) is 0 Å². The molecule has 7 unspecified atom stereocenters. The van der Waals surface area contributed by atoms with Gasteiger partial charge in [0.1, 0.15) is 0 Å². The molecule has 3 aromatic carbocycles. The minimum atomic E-state index is 0.454. The van der Waals surface area contributed by atoms with Crippen LogP contribution in [-0.2, 0) is 0 Å². The van der Waals surface area contributed by atoms with E-state index in [0.717, 1.165) is 5.92 Å². The first-order chi connectivity index (χ1) is 22.3. The quantitative estimate of drug-likeness (QED) is 0.259. The molecule has 228 valence electrons. The van der Waals surface area contributed by atoms with E-state index in [0.29, 0.717) is 41.5 Å². The lowest BCUT2D eigenvalue weighted by Gasteiger charge is -2.50. The number of rotatable bonds is 6. The van der Waals surface area contributed by atoms with E-state index >= 15 is 0 Å². The van der Waals surface area contributed by atoms with Gasteiger partial charge in [-0.3, -0.25) is 0 Å². The molecule has 1 nitrogen and oxygen atoms in total. The average molecular weight is 590 g/mol. The van der Waals surface area contributed by atoms with Crippen molar-refractivity contribution in [2.75, 3.05) is 4.90 Å². The molecule has 3 aromatic rings. The lowest BCUT2D eigenvalue weighted by atomic mass is 9.56. The van der Waals surface area contributed by atoms with Crippen LogP contribution >= 0.6 is 0 Å². The van der Waals surface area contributed by atoms with Crippen LogP contribution in [0.3, 0.4) is 0 Å². The zero-order valence-corrected chi connectivity index (χ0v) is 26.6. The van der Waals surface area contributed by atoms with Gasteiger partial charge < -0.3 is 4.90 Å². The van der Waals surface area contributed by atoms with E-state index in [1.807, 2.05) is 0 Å². The summed E-state index contributed by atoms with van der Waals surface area (Å²) in [7, 11) is 0. The van der Waals surface area contributed by atoms with Crippen molar-refractivity contribution in [3.05, 3.63) is 150 Å². The maximum Gasteiger partial charge on any atom is 0.0413 e. The SMILES string of the molecule is C1=CC=CC2C=1C(C1CCC(N(c3ccccc3)c3ccc(C4CCCCC4)cc3)CC1c1ccccc1)CC1C=CC=CC12. The van der Waals surface area contributed by atoms with E-state index in [-0.39, 0.29) is 0 Å². The van der Waals surface area contributed by atoms with E-state index in [2.05, 4.69) is 138 Å². The zero-order valence-electron chi connectivity index (χ0n) is 26.6. The first-order valence-corrected chi connectivity index (χ1v) is 17.8. The molecular formula is C44H47N. The molecule has 0 radical (unpaired) electrons. The van der Waals surface area contributed by atoms with Crippen molar-refractivity contribution in [3.8, 4) is 0 Å². The molecule has 3 fully saturated rings. The van der Waals surface area contributed by atoms with Crippen LogP contribution in [0.25, 0.3) is 0 Å². The lowest BCUT2D eigenvalue weighted by Crippen LogP contribution is -2.43. The highest BCUT2D eigenvalue weighted by atomic mass is 15.2. The molecule has 0 bridgehead atoms. The fraction of sp³-hybridized carbons (Fsp3) is 0.386. The van der Waals surface area contributed by atoms with Crippen molar-refractivity contribution >= 4 is 11.4 Å². The molecule has 1 heteroatoms. The van der Waals surface area contributed by atoms with Gasteiger partial charge in [0, 0.05) is 23.3 Å². The summed E-state index contributed by atoms with van der Waals surface area (Å²) in [5, 5.41) is 0. The monoisotopic (exact) mass is 589 g/mol. The molecule has 0 amide bonds. The molecule has 3 saturated carbocycles. The van der Waals surface area contributed by atoms with Crippen LogP contribution < -0.4 is 4.90 Å². The van der Waals surface area contributed by atoms with Crippen molar-refractivity contribution in [3.63, 3.8) is 0 Å². The molecule has 0 heterocycles. The van der Waals surface area contributed by atoms with Gasteiger partial charge in [0.25, 0.3) is 0 Å². The highest BCUT2D eigenvalue weighted by Gasteiger charge is 2.46. The predicted octanol–water partition coefficient (Wildman–Crippen LogP) is 11.5. The van der Waals surface area contributed by atoms with Crippen LogP contribution in [0, 0.1) is 29.6 Å². The number of fused-ring (bicyclic) bond motifs is 3. The Morgan fingerprint density at radius 1 is 0.578 bits per heavy atom. The zero-order chi connectivity index (χ0) is 30.0. The Balaban J connectivity index is 1.13. The number of allylic oxidation sites excluding steroid dienone is 7. The van der Waals surface area contributed by atoms with Gasteiger partial charge in [0.05, 0.1) is 0 Å². The number of hydrogen-bond acceptors (Lipinski definition) is 1. The molecule has 5 aliphatic rings.